The van der Waals surface area contributed by atoms with Gasteiger partial charge in [-0.05, 0) is 31.4 Å². The molecule has 0 radical (unpaired) electrons. The maximum Gasteiger partial charge on any atom is 0.312 e. The van der Waals surface area contributed by atoms with Crippen LogP contribution in [0.25, 0.3) is 0 Å². The molecule has 0 fully saturated rings. The Bertz CT molecular complexity index is 725. The minimum Gasteiger partial charge on any atom is -0.491 e. The summed E-state index contributed by atoms with van der Waals surface area (Å²) >= 11 is 0. The van der Waals surface area contributed by atoms with Crippen LogP contribution in [0.2, 0.25) is 0 Å². The Morgan fingerprint density at radius 1 is 1.33 bits per heavy atom. The molecule has 130 valence electrons. The van der Waals surface area contributed by atoms with Crippen LogP contribution in [0.15, 0.2) is 24.3 Å². The monoisotopic (exact) mass is 333 g/mol. The molecule has 0 saturated carbocycles. The molecule has 1 aromatic carbocycles. The predicted molar refractivity (Wildman–Crippen MR) is 90.4 cm³/mol. The highest BCUT2D eigenvalue weighted by Gasteiger charge is 2.23. The van der Waals surface area contributed by atoms with Gasteiger partial charge in [-0.25, -0.2) is 0 Å². The molecule has 0 spiro atoms. The maximum absolute atomic E-state index is 11.0. The number of nitrogens with zero attached hydrogens (tertiary/aromatic N) is 3. The van der Waals surface area contributed by atoms with Gasteiger partial charge in [0.15, 0.2) is 0 Å². The second kappa shape index (κ2) is 7.44. The highest BCUT2D eigenvalue weighted by Crippen LogP contribution is 2.26. The second-order valence-electron chi connectivity index (χ2n) is 6.12. The summed E-state index contributed by atoms with van der Waals surface area (Å²) in [5.41, 5.74) is 1.84. The van der Waals surface area contributed by atoms with Gasteiger partial charge in [0.25, 0.3) is 0 Å². The van der Waals surface area contributed by atoms with Crippen molar-refractivity contribution in [2.45, 2.75) is 46.3 Å². The molecule has 0 amide bonds. The van der Waals surface area contributed by atoms with Gasteiger partial charge in [0.05, 0.1) is 11.5 Å². The number of hydrogen-bond donors (Lipinski definition) is 1. The van der Waals surface area contributed by atoms with Gasteiger partial charge in [-0.1, -0.05) is 32.0 Å². The quantitative estimate of drug-likeness (QED) is 0.621. The normalized spacial score (nSPS) is 12.4. The van der Waals surface area contributed by atoms with Crippen molar-refractivity contribution in [1.82, 2.24) is 9.78 Å². The van der Waals surface area contributed by atoms with Crippen LogP contribution in [0.1, 0.15) is 36.7 Å². The Labute approximate surface area is 141 Å². The lowest BCUT2D eigenvalue weighted by molar-refractivity contribution is -0.386. The number of benzene rings is 1. The van der Waals surface area contributed by atoms with Crippen LogP contribution in [0, 0.1) is 24.0 Å². The van der Waals surface area contributed by atoms with Gasteiger partial charge in [-0.3, -0.25) is 14.8 Å². The molecule has 0 aliphatic rings. The van der Waals surface area contributed by atoms with Gasteiger partial charge in [-0.2, -0.15) is 5.10 Å². The van der Waals surface area contributed by atoms with Gasteiger partial charge in [0, 0.05) is 0 Å². The van der Waals surface area contributed by atoms with Crippen molar-refractivity contribution in [2.24, 2.45) is 0 Å². The van der Waals surface area contributed by atoms with Crippen LogP contribution in [-0.4, -0.2) is 32.5 Å². The lowest BCUT2D eigenvalue weighted by atomic mass is 10.0. The summed E-state index contributed by atoms with van der Waals surface area (Å²) in [5, 5.41) is 25.4. The van der Waals surface area contributed by atoms with E-state index in [-0.39, 0.29) is 18.8 Å². The SMILES string of the molecule is Cc1nn(CC(O)COc2ccccc2C(C)C)c(C)c1[N+](=O)[O-]. The molecule has 1 atom stereocenters. The Balaban J connectivity index is 2.04. The Morgan fingerprint density at radius 3 is 2.58 bits per heavy atom. The molecule has 7 nitrogen and oxygen atoms in total. The average Bonchev–Trinajstić information content (AvgIpc) is 2.79. The summed E-state index contributed by atoms with van der Waals surface area (Å²) in [5.74, 6) is 1.06. The van der Waals surface area contributed by atoms with Crippen molar-refractivity contribution < 1.29 is 14.8 Å². The number of para-hydroxylation sites is 1. The summed E-state index contributed by atoms with van der Waals surface area (Å²) in [6.45, 7) is 7.60. The summed E-state index contributed by atoms with van der Waals surface area (Å²) in [6.07, 6.45) is -0.817. The van der Waals surface area contributed by atoms with Crippen LogP contribution >= 0.6 is 0 Å². The van der Waals surface area contributed by atoms with Gasteiger partial charge in [0.1, 0.15) is 29.8 Å². The molecule has 1 unspecified atom stereocenters. The Kier molecular flexibility index (Phi) is 5.56. The van der Waals surface area contributed by atoms with E-state index >= 15 is 0 Å². The third kappa shape index (κ3) is 3.91. The van der Waals surface area contributed by atoms with Crippen LogP contribution in [0.4, 0.5) is 5.69 Å². The fourth-order valence-electron chi connectivity index (χ4n) is 2.66. The van der Waals surface area contributed by atoms with Crippen LogP contribution in [0.3, 0.4) is 0 Å². The standard InChI is InChI=1S/C17H23N3O4/c1-11(2)15-7-5-6-8-16(15)24-10-14(21)9-19-13(4)17(20(22)23)12(3)18-19/h5-8,11,14,21H,9-10H2,1-4H3. The first-order valence-electron chi connectivity index (χ1n) is 7.89. The van der Waals surface area contributed by atoms with E-state index in [1.54, 1.807) is 13.8 Å². The van der Waals surface area contributed by atoms with E-state index in [4.69, 9.17) is 4.74 Å². The van der Waals surface area contributed by atoms with Gasteiger partial charge >= 0.3 is 5.69 Å². The minimum absolute atomic E-state index is 0.00623. The third-order valence-electron chi connectivity index (χ3n) is 3.88. The predicted octanol–water partition coefficient (Wildman–Crippen LogP) is 2.97. The summed E-state index contributed by atoms with van der Waals surface area (Å²) in [7, 11) is 0. The first-order valence-corrected chi connectivity index (χ1v) is 7.89. The first-order chi connectivity index (χ1) is 11.3. The van der Waals surface area contributed by atoms with E-state index in [1.165, 1.54) is 4.68 Å². The number of nitro groups is 1. The van der Waals surface area contributed by atoms with Crippen molar-refractivity contribution in [3.05, 3.63) is 51.3 Å². The van der Waals surface area contributed by atoms with Crippen molar-refractivity contribution >= 4 is 5.69 Å². The minimum atomic E-state index is -0.817. The van der Waals surface area contributed by atoms with Gasteiger partial charge in [-0.15, -0.1) is 0 Å². The summed E-state index contributed by atoms with van der Waals surface area (Å²) in [6, 6.07) is 7.71. The molecule has 2 rings (SSSR count). The zero-order chi connectivity index (χ0) is 17.9. The number of rotatable bonds is 7. The van der Waals surface area contributed by atoms with Crippen molar-refractivity contribution in [2.75, 3.05) is 6.61 Å². The number of aromatic nitrogens is 2. The van der Waals surface area contributed by atoms with E-state index in [0.29, 0.717) is 17.3 Å². The van der Waals surface area contributed by atoms with E-state index in [9.17, 15) is 15.2 Å². The average molecular weight is 333 g/mol. The molecule has 0 bridgehead atoms. The Morgan fingerprint density at radius 2 is 2.00 bits per heavy atom. The van der Waals surface area contributed by atoms with Crippen LogP contribution in [-0.2, 0) is 6.54 Å². The zero-order valence-electron chi connectivity index (χ0n) is 14.4. The number of ether oxygens (including phenoxy) is 1. The lowest BCUT2D eigenvalue weighted by Gasteiger charge is -2.17. The molecule has 0 saturated heterocycles. The van der Waals surface area contributed by atoms with Crippen molar-refractivity contribution in [1.29, 1.82) is 0 Å². The molecule has 1 heterocycles. The molecular weight excluding hydrogens is 310 g/mol. The summed E-state index contributed by atoms with van der Waals surface area (Å²) in [4.78, 5) is 10.6. The maximum atomic E-state index is 11.0. The number of hydrogen-bond acceptors (Lipinski definition) is 5. The van der Waals surface area contributed by atoms with E-state index in [1.807, 2.05) is 24.3 Å². The van der Waals surface area contributed by atoms with E-state index in [0.717, 1.165) is 11.3 Å². The first kappa shape index (κ1) is 17.9. The molecule has 24 heavy (non-hydrogen) atoms. The second-order valence-corrected chi connectivity index (χ2v) is 6.12. The molecule has 0 aliphatic heterocycles. The number of aryl methyl sites for hydroxylation is 1. The highest BCUT2D eigenvalue weighted by molar-refractivity contribution is 5.39. The van der Waals surface area contributed by atoms with Gasteiger partial charge in [0.2, 0.25) is 0 Å². The fraction of sp³-hybridized carbons (Fsp3) is 0.471. The zero-order valence-corrected chi connectivity index (χ0v) is 14.4. The highest BCUT2D eigenvalue weighted by atomic mass is 16.6. The smallest absolute Gasteiger partial charge is 0.312 e. The molecule has 1 N–H and O–H groups in total. The summed E-state index contributed by atoms with van der Waals surface area (Å²) < 4.78 is 7.19. The van der Waals surface area contributed by atoms with Crippen LogP contribution < -0.4 is 4.74 Å². The molecule has 0 aliphatic carbocycles. The number of aliphatic hydroxyl groups is 1. The van der Waals surface area contributed by atoms with Crippen molar-refractivity contribution in [3.63, 3.8) is 0 Å². The topological polar surface area (TPSA) is 90.4 Å². The van der Waals surface area contributed by atoms with Crippen molar-refractivity contribution in [3.8, 4) is 5.75 Å². The molecule has 1 aromatic heterocycles. The lowest BCUT2D eigenvalue weighted by Crippen LogP contribution is -2.25. The molecular formula is C17H23N3O4. The van der Waals surface area contributed by atoms with Crippen LogP contribution in [0.5, 0.6) is 5.75 Å². The van der Waals surface area contributed by atoms with Gasteiger partial charge < -0.3 is 9.84 Å². The molecule has 7 heteroatoms. The third-order valence-corrected chi connectivity index (χ3v) is 3.88. The van der Waals surface area contributed by atoms with E-state index < -0.39 is 11.0 Å². The van der Waals surface area contributed by atoms with E-state index in [2.05, 4.69) is 18.9 Å². The largest absolute Gasteiger partial charge is 0.491 e. The number of aliphatic hydroxyl groups excluding tert-OH is 1. The molecule has 2 aromatic rings. The fourth-order valence-corrected chi connectivity index (χ4v) is 2.66. The Hall–Kier alpha value is -2.41.